The van der Waals surface area contributed by atoms with Gasteiger partial charge in [-0.15, -0.1) is 0 Å². The number of carbonyl (C=O) groups is 7. The Bertz CT molecular complexity index is 1770. The van der Waals surface area contributed by atoms with E-state index in [2.05, 4.69) is 41.9 Å². The number of hydrogen-bond acceptors (Lipinski definition) is 10. The maximum Gasteiger partial charge on any atom is 0.407 e. The third kappa shape index (κ3) is 11.8. The largest absolute Gasteiger partial charge is 0.481 e. The normalized spacial score (nSPS) is 10.9. The van der Waals surface area contributed by atoms with Crippen LogP contribution in [0.1, 0.15) is 71.8 Å². The average Bonchev–Trinajstić information content (AvgIpc) is 3.66. The van der Waals surface area contributed by atoms with Crippen molar-refractivity contribution in [2.45, 2.75) is 45.6 Å². The Morgan fingerprint density at radius 1 is 0.680 bits per heavy atom. The monoisotopic (exact) mass is 699 g/mol. The van der Waals surface area contributed by atoms with Gasteiger partial charge in [0, 0.05) is 72.2 Å². The number of carboxylic acids is 1. The Morgan fingerprint density at radius 3 is 1.72 bits per heavy atom. The first-order valence-corrected chi connectivity index (χ1v) is 15.3. The van der Waals surface area contributed by atoms with E-state index in [0.29, 0.717) is 5.69 Å². The third-order valence-corrected chi connectivity index (χ3v) is 6.47. The van der Waals surface area contributed by atoms with E-state index in [1.54, 1.807) is 34.9 Å². The van der Waals surface area contributed by atoms with Crippen molar-refractivity contribution >= 4 is 58.9 Å². The van der Waals surface area contributed by atoms with Crippen molar-refractivity contribution in [1.82, 2.24) is 39.6 Å². The van der Waals surface area contributed by atoms with Crippen LogP contribution in [0.2, 0.25) is 0 Å². The molecule has 20 nitrogen and oxygen atoms in total. The third-order valence-electron chi connectivity index (χ3n) is 6.47. The number of alkyl carbamates (subject to hydrolysis) is 1. The molecular weight excluding hydrogens is 658 g/mol. The van der Waals surface area contributed by atoms with Gasteiger partial charge in [-0.3, -0.25) is 28.8 Å². The zero-order valence-corrected chi connectivity index (χ0v) is 28.5. The standard InChI is InChI=1S/C30H41N11O9/c1-30(2,3)50-29(49)33-11-8-22(43)36-20-16-41(6)25(38-20)28(48)34-17-13-18(39(4)14-17)26(46)31-10-7-21(42)35-19-15-40(5)24(37-19)27(47)32-12-9-23(44)45/h13-16H,7-12H2,1-6H3,(H,31,46)(H,32,47)(H,33,49)(H,34,48)(H,35,42)(H,36,43)(H,44,45). The number of aryl methyl sites for hydroxylation is 3. The van der Waals surface area contributed by atoms with Crippen molar-refractivity contribution in [3.8, 4) is 0 Å². The molecule has 0 bridgehead atoms. The Balaban J connectivity index is 1.46. The molecule has 3 aromatic heterocycles. The first-order valence-electron chi connectivity index (χ1n) is 15.3. The van der Waals surface area contributed by atoms with Gasteiger partial charge in [0.15, 0.2) is 11.6 Å². The van der Waals surface area contributed by atoms with Gasteiger partial charge in [0.05, 0.1) is 12.1 Å². The van der Waals surface area contributed by atoms with Gasteiger partial charge in [-0.2, -0.15) is 0 Å². The average molecular weight is 700 g/mol. The van der Waals surface area contributed by atoms with Crippen molar-refractivity contribution in [2.24, 2.45) is 21.1 Å². The van der Waals surface area contributed by atoms with Gasteiger partial charge in [-0.25, -0.2) is 14.8 Å². The number of aromatic nitrogens is 5. The fraction of sp³-hybridized carbons (Fsp3) is 0.433. The predicted molar refractivity (Wildman–Crippen MR) is 177 cm³/mol. The molecule has 0 saturated carbocycles. The number of hydrogen-bond donors (Lipinski definition) is 7. The first-order chi connectivity index (χ1) is 23.4. The van der Waals surface area contributed by atoms with Crippen molar-refractivity contribution in [1.29, 1.82) is 0 Å². The molecule has 50 heavy (non-hydrogen) atoms. The summed E-state index contributed by atoms with van der Waals surface area (Å²) in [7, 11) is 4.70. The molecule has 0 radical (unpaired) electrons. The quantitative estimate of drug-likeness (QED) is 0.115. The molecule has 3 rings (SSSR count). The summed E-state index contributed by atoms with van der Waals surface area (Å²) in [6.07, 6.45) is 3.31. The summed E-state index contributed by atoms with van der Waals surface area (Å²) in [5.41, 5.74) is -0.186. The van der Waals surface area contributed by atoms with Gasteiger partial charge >= 0.3 is 12.1 Å². The molecular formula is C30H41N11O9. The van der Waals surface area contributed by atoms with Crippen LogP contribution in [0.4, 0.5) is 22.1 Å². The summed E-state index contributed by atoms with van der Waals surface area (Å²) in [6, 6.07) is 1.44. The Kier molecular flexibility index (Phi) is 12.8. The van der Waals surface area contributed by atoms with E-state index in [1.807, 2.05) is 0 Å². The number of nitrogens with zero attached hydrogens (tertiary/aromatic N) is 5. The Hall–Kier alpha value is -6.21. The zero-order chi connectivity index (χ0) is 37.2. The van der Waals surface area contributed by atoms with Gasteiger partial charge in [0.1, 0.15) is 11.3 Å². The molecule has 20 heteroatoms. The lowest BCUT2D eigenvalue weighted by atomic mass is 10.2. The second kappa shape index (κ2) is 16.8. The predicted octanol–water partition coefficient (Wildman–Crippen LogP) is 0.561. The molecule has 0 fully saturated rings. The van der Waals surface area contributed by atoms with Crippen molar-refractivity contribution in [2.75, 3.05) is 35.6 Å². The molecule has 0 aliphatic heterocycles. The molecule has 3 heterocycles. The molecule has 3 aromatic rings. The van der Waals surface area contributed by atoms with E-state index in [-0.39, 0.29) is 67.9 Å². The highest BCUT2D eigenvalue weighted by atomic mass is 16.6. The number of carbonyl (C=O) groups excluding carboxylic acids is 6. The lowest BCUT2D eigenvalue weighted by Crippen LogP contribution is -2.34. The van der Waals surface area contributed by atoms with Crippen LogP contribution >= 0.6 is 0 Å². The maximum atomic E-state index is 12.9. The number of aliphatic carboxylic acids is 1. The molecule has 0 unspecified atom stereocenters. The van der Waals surface area contributed by atoms with E-state index in [9.17, 15) is 33.6 Å². The summed E-state index contributed by atoms with van der Waals surface area (Å²) in [5.74, 6) is -3.53. The fourth-order valence-corrected chi connectivity index (χ4v) is 4.27. The number of carboxylic acid groups (broad SMARTS) is 1. The van der Waals surface area contributed by atoms with Gasteiger partial charge in [-0.05, 0) is 26.8 Å². The zero-order valence-electron chi connectivity index (χ0n) is 28.5. The van der Waals surface area contributed by atoms with E-state index in [0.717, 1.165) is 0 Å². The molecule has 0 spiro atoms. The lowest BCUT2D eigenvalue weighted by molar-refractivity contribution is -0.136. The van der Waals surface area contributed by atoms with E-state index < -0.39 is 47.2 Å². The van der Waals surface area contributed by atoms with Crippen LogP contribution in [0, 0.1) is 0 Å². The lowest BCUT2D eigenvalue weighted by Gasteiger charge is -2.19. The molecule has 0 aromatic carbocycles. The number of ether oxygens (including phenoxy) is 1. The fourth-order valence-electron chi connectivity index (χ4n) is 4.27. The van der Waals surface area contributed by atoms with Crippen molar-refractivity contribution in [3.05, 3.63) is 42.0 Å². The Morgan fingerprint density at radius 2 is 1.18 bits per heavy atom. The van der Waals surface area contributed by atoms with E-state index >= 15 is 0 Å². The van der Waals surface area contributed by atoms with Gasteiger partial charge in [0.25, 0.3) is 17.7 Å². The topological polar surface area (TPSA) is 262 Å². The number of amides is 6. The van der Waals surface area contributed by atoms with Crippen LogP contribution in [-0.4, -0.2) is 95.6 Å². The van der Waals surface area contributed by atoms with Crippen molar-refractivity contribution < 1.29 is 43.4 Å². The van der Waals surface area contributed by atoms with Crippen LogP contribution in [0.25, 0.3) is 0 Å². The van der Waals surface area contributed by atoms with E-state index in [1.165, 1.54) is 45.4 Å². The van der Waals surface area contributed by atoms with E-state index in [4.69, 9.17) is 9.84 Å². The second-order valence-electron chi connectivity index (χ2n) is 12.0. The van der Waals surface area contributed by atoms with Gasteiger partial charge < -0.3 is 55.4 Å². The van der Waals surface area contributed by atoms with Gasteiger partial charge in [-0.1, -0.05) is 0 Å². The highest BCUT2D eigenvalue weighted by molar-refractivity contribution is 6.04. The summed E-state index contributed by atoms with van der Waals surface area (Å²) >= 11 is 0. The van der Waals surface area contributed by atoms with Crippen LogP contribution in [0.15, 0.2) is 24.7 Å². The molecule has 0 aliphatic rings. The molecule has 7 N–H and O–H groups in total. The van der Waals surface area contributed by atoms with Crippen LogP contribution < -0.4 is 31.9 Å². The molecule has 6 amide bonds. The second-order valence-corrected chi connectivity index (χ2v) is 12.0. The van der Waals surface area contributed by atoms with Crippen LogP contribution in [-0.2, 0) is 40.3 Å². The number of nitrogens with one attached hydrogen (secondary N) is 6. The molecule has 270 valence electrons. The SMILES string of the molecule is Cn1cc(NC(=O)c2nc(NC(=O)CCNC(=O)OC(C)(C)C)cn2C)cc1C(=O)NCCC(=O)Nc1cn(C)c(C(=O)NCCC(=O)O)n1. The minimum absolute atomic E-state index is 0.0214. The number of imidazole rings is 2. The highest BCUT2D eigenvalue weighted by Gasteiger charge is 2.20. The van der Waals surface area contributed by atoms with Crippen LogP contribution in [0.3, 0.4) is 0 Å². The smallest absolute Gasteiger partial charge is 0.407 e. The summed E-state index contributed by atoms with van der Waals surface area (Å²) in [4.78, 5) is 93.2. The summed E-state index contributed by atoms with van der Waals surface area (Å²) in [6.45, 7) is 5.08. The minimum atomic E-state index is -1.06. The number of anilines is 3. The summed E-state index contributed by atoms with van der Waals surface area (Å²) in [5, 5.41) is 24.0. The highest BCUT2D eigenvalue weighted by Crippen LogP contribution is 2.16. The Labute approximate surface area is 286 Å². The minimum Gasteiger partial charge on any atom is -0.481 e. The molecule has 0 atom stereocenters. The van der Waals surface area contributed by atoms with Gasteiger partial charge in [0.2, 0.25) is 23.5 Å². The maximum absolute atomic E-state index is 12.9. The van der Waals surface area contributed by atoms with Crippen LogP contribution in [0.5, 0.6) is 0 Å². The number of rotatable bonds is 15. The van der Waals surface area contributed by atoms with Crippen molar-refractivity contribution in [3.63, 3.8) is 0 Å². The molecule has 0 saturated heterocycles. The first kappa shape index (κ1) is 38.2. The summed E-state index contributed by atoms with van der Waals surface area (Å²) < 4.78 is 9.39. The molecule has 0 aliphatic carbocycles.